The highest BCUT2D eigenvalue weighted by Crippen LogP contribution is 2.34. The third-order valence-electron chi connectivity index (χ3n) is 5.90. The highest BCUT2D eigenvalue weighted by atomic mass is 19.3. The number of carbonyl (C=O) groups is 1. The SMILES string of the molecule is COc1ccc(N2CCN(C(=O)Cc3ccccn3)[C@@H](Cc3ccccc3)C2)cc1OC(F)F. The van der Waals surface area contributed by atoms with Gasteiger partial charge in [-0.15, -0.1) is 0 Å². The Morgan fingerprint density at radius 1 is 1.06 bits per heavy atom. The number of rotatable bonds is 8. The van der Waals surface area contributed by atoms with E-state index in [-0.39, 0.29) is 29.9 Å². The van der Waals surface area contributed by atoms with Gasteiger partial charge in [0.05, 0.1) is 19.6 Å². The summed E-state index contributed by atoms with van der Waals surface area (Å²) in [6, 6.07) is 20.5. The second-order valence-electron chi connectivity index (χ2n) is 8.09. The molecule has 4 rings (SSSR count). The van der Waals surface area contributed by atoms with E-state index in [0.29, 0.717) is 26.1 Å². The van der Waals surface area contributed by atoms with Crippen LogP contribution in [0.15, 0.2) is 72.9 Å². The van der Waals surface area contributed by atoms with Crippen LogP contribution < -0.4 is 14.4 Å². The van der Waals surface area contributed by atoms with Crippen LogP contribution >= 0.6 is 0 Å². The van der Waals surface area contributed by atoms with Crippen molar-refractivity contribution in [3.8, 4) is 11.5 Å². The lowest BCUT2D eigenvalue weighted by Crippen LogP contribution is -2.56. The van der Waals surface area contributed by atoms with Gasteiger partial charge in [-0.3, -0.25) is 9.78 Å². The number of ether oxygens (including phenoxy) is 2. The van der Waals surface area contributed by atoms with E-state index < -0.39 is 6.61 Å². The molecule has 1 fully saturated rings. The van der Waals surface area contributed by atoms with Gasteiger partial charge in [0, 0.05) is 43.3 Å². The number of pyridine rings is 1. The molecule has 2 aromatic carbocycles. The van der Waals surface area contributed by atoms with Crippen molar-refractivity contribution < 1.29 is 23.0 Å². The number of nitrogens with zero attached hydrogens (tertiary/aromatic N) is 3. The monoisotopic (exact) mass is 467 g/mol. The second-order valence-corrected chi connectivity index (χ2v) is 8.09. The molecule has 3 aromatic rings. The zero-order valence-electron chi connectivity index (χ0n) is 18.9. The van der Waals surface area contributed by atoms with Gasteiger partial charge in [0.15, 0.2) is 11.5 Å². The van der Waals surface area contributed by atoms with Crippen LogP contribution in [0, 0.1) is 0 Å². The molecule has 2 heterocycles. The highest BCUT2D eigenvalue weighted by Gasteiger charge is 2.31. The van der Waals surface area contributed by atoms with E-state index >= 15 is 0 Å². The molecule has 34 heavy (non-hydrogen) atoms. The standard InChI is InChI=1S/C26H27F2N3O3/c1-33-23-11-10-21(17-24(23)34-26(27)28)30-13-14-31(25(32)16-20-9-5-6-12-29-20)22(18-30)15-19-7-3-2-4-8-19/h2-12,17,22,26H,13-16,18H2,1H3/t22-/m0/s1. The van der Waals surface area contributed by atoms with Crippen molar-refractivity contribution >= 4 is 11.6 Å². The number of hydrogen-bond acceptors (Lipinski definition) is 5. The second kappa shape index (κ2) is 11.0. The molecule has 1 atom stereocenters. The molecule has 0 N–H and O–H groups in total. The normalized spacial score (nSPS) is 15.9. The first-order chi connectivity index (χ1) is 16.5. The summed E-state index contributed by atoms with van der Waals surface area (Å²) < 4.78 is 35.6. The van der Waals surface area contributed by atoms with Crippen molar-refractivity contribution in [2.75, 3.05) is 31.6 Å². The van der Waals surface area contributed by atoms with E-state index in [1.807, 2.05) is 59.5 Å². The number of amides is 1. The van der Waals surface area contributed by atoms with Crippen molar-refractivity contribution in [3.63, 3.8) is 0 Å². The van der Waals surface area contributed by atoms with E-state index in [4.69, 9.17) is 4.74 Å². The van der Waals surface area contributed by atoms with Crippen LogP contribution in [0.4, 0.5) is 14.5 Å². The van der Waals surface area contributed by atoms with Crippen molar-refractivity contribution in [1.82, 2.24) is 9.88 Å². The maximum atomic E-state index is 13.2. The molecule has 1 amide bonds. The maximum Gasteiger partial charge on any atom is 0.387 e. The summed E-state index contributed by atoms with van der Waals surface area (Å²) in [7, 11) is 1.41. The molecule has 0 spiro atoms. The molecular formula is C26H27F2N3O3. The van der Waals surface area contributed by atoms with Gasteiger partial charge in [-0.2, -0.15) is 8.78 Å². The molecule has 178 valence electrons. The molecule has 0 bridgehead atoms. The van der Waals surface area contributed by atoms with Crippen LogP contribution in [0.5, 0.6) is 11.5 Å². The predicted octanol–water partition coefficient (Wildman–Crippen LogP) is 4.19. The number of hydrogen-bond donors (Lipinski definition) is 0. The summed E-state index contributed by atoms with van der Waals surface area (Å²) in [5, 5.41) is 0. The molecule has 0 unspecified atom stereocenters. The number of piperazine rings is 1. The van der Waals surface area contributed by atoms with Crippen molar-refractivity contribution in [2.24, 2.45) is 0 Å². The zero-order valence-corrected chi connectivity index (χ0v) is 18.9. The minimum absolute atomic E-state index is 0.0109. The van der Waals surface area contributed by atoms with Gasteiger partial charge in [-0.25, -0.2) is 0 Å². The molecule has 8 heteroatoms. The molecule has 1 aromatic heterocycles. The largest absolute Gasteiger partial charge is 0.493 e. The number of halogens is 2. The Morgan fingerprint density at radius 3 is 2.56 bits per heavy atom. The van der Waals surface area contributed by atoms with E-state index in [1.54, 1.807) is 18.3 Å². The van der Waals surface area contributed by atoms with Gasteiger partial charge in [-0.05, 0) is 36.2 Å². The Morgan fingerprint density at radius 2 is 1.85 bits per heavy atom. The first-order valence-electron chi connectivity index (χ1n) is 11.1. The molecule has 6 nitrogen and oxygen atoms in total. The summed E-state index contributed by atoms with van der Waals surface area (Å²) in [4.78, 5) is 21.5. The van der Waals surface area contributed by atoms with Crippen LogP contribution in [0.2, 0.25) is 0 Å². The first-order valence-corrected chi connectivity index (χ1v) is 11.1. The van der Waals surface area contributed by atoms with Crippen LogP contribution in [0.25, 0.3) is 0 Å². The first kappa shape index (κ1) is 23.5. The summed E-state index contributed by atoms with van der Waals surface area (Å²) in [5.74, 6) is 0.257. The lowest BCUT2D eigenvalue weighted by molar-refractivity contribution is -0.133. The lowest BCUT2D eigenvalue weighted by atomic mass is 10.0. The van der Waals surface area contributed by atoms with Gasteiger partial charge >= 0.3 is 6.61 Å². The van der Waals surface area contributed by atoms with Crippen LogP contribution in [-0.2, 0) is 17.6 Å². The summed E-state index contributed by atoms with van der Waals surface area (Å²) >= 11 is 0. The number of methoxy groups -OCH3 is 1. The molecule has 1 saturated heterocycles. The summed E-state index contributed by atoms with van der Waals surface area (Å²) in [6.45, 7) is -1.31. The van der Waals surface area contributed by atoms with E-state index in [0.717, 1.165) is 16.9 Å². The minimum Gasteiger partial charge on any atom is -0.493 e. The molecule has 0 saturated carbocycles. The topological polar surface area (TPSA) is 54.9 Å². The number of carbonyl (C=O) groups excluding carboxylic acids is 1. The summed E-state index contributed by atoms with van der Waals surface area (Å²) in [5.41, 5.74) is 2.60. The molecule has 0 aliphatic carbocycles. The van der Waals surface area contributed by atoms with E-state index in [2.05, 4.69) is 14.6 Å². The van der Waals surface area contributed by atoms with Crippen molar-refractivity contribution in [3.05, 3.63) is 84.2 Å². The number of aromatic nitrogens is 1. The Balaban J connectivity index is 1.56. The Bertz CT molecular complexity index is 1080. The van der Waals surface area contributed by atoms with Gasteiger partial charge in [0.25, 0.3) is 0 Å². The van der Waals surface area contributed by atoms with Gasteiger partial charge in [0.1, 0.15) is 0 Å². The fraction of sp³-hybridized carbons (Fsp3) is 0.308. The van der Waals surface area contributed by atoms with Crippen LogP contribution in [0.3, 0.4) is 0 Å². The third-order valence-corrected chi connectivity index (χ3v) is 5.90. The van der Waals surface area contributed by atoms with Crippen molar-refractivity contribution in [1.29, 1.82) is 0 Å². The smallest absolute Gasteiger partial charge is 0.387 e. The minimum atomic E-state index is -2.95. The Hall–Kier alpha value is -3.68. The lowest BCUT2D eigenvalue weighted by Gasteiger charge is -2.43. The third kappa shape index (κ3) is 5.81. The molecule has 1 aliphatic heterocycles. The fourth-order valence-corrected chi connectivity index (χ4v) is 4.29. The zero-order chi connectivity index (χ0) is 23.9. The van der Waals surface area contributed by atoms with Gasteiger partial charge in [-0.1, -0.05) is 36.4 Å². The Kier molecular flexibility index (Phi) is 7.57. The van der Waals surface area contributed by atoms with Gasteiger partial charge in [0.2, 0.25) is 5.91 Å². The Labute approximate surface area is 197 Å². The average Bonchev–Trinajstić information content (AvgIpc) is 2.85. The highest BCUT2D eigenvalue weighted by molar-refractivity contribution is 5.79. The average molecular weight is 468 g/mol. The number of alkyl halides is 2. The van der Waals surface area contributed by atoms with Crippen molar-refractivity contribution in [2.45, 2.75) is 25.5 Å². The quantitative estimate of drug-likeness (QED) is 0.497. The summed E-state index contributed by atoms with van der Waals surface area (Å²) in [6.07, 6.45) is 2.60. The van der Waals surface area contributed by atoms with Gasteiger partial charge < -0.3 is 19.3 Å². The number of anilines is 1. The van der Waals surface area contributed by atoms with E-state index in [1.165, 1.54) is 7.11 Å². The predicted molar refractivity (Wildman–Crippen MR) is 125 cm³/mol. The molecular weight excluding hydrogens is 440 g/mol. The number of benzene rings is 2. The van der Waals surface area contributed by atoms with Crippen LogP contribution in [-0.4, -0.2) is 55.2 Å². The fourth-order valence-electron chi connectivity index (χ4n) is 4.29. The molecule has 1 aliphatic rings. The van der Waals surface area contributed by atoms with Crippen LogP contribution in [0.1, 0.15) is 11.3 Å². The van der Waals surface area contributed by atoms with E-state index in [9.17, 15) is 13.6 Å². The maximum absolute atomic E-state index is 13.2. The molecule has 0 radical (unpaired) electrons.